The summed E-state index contributed by atoms with van der Waals surface area (Å²) in [5, 5.41) is 2.94. The van der Waals surface area contributed by atoms with Crippen molar-refractivity contribution in [3.05, 3.63) is 48.0 Å². The Bertz CT molecular complexity index is 720. The lowest BCUT2D eigenvalue weighted by Crippen LogP contribution is -2.39. The molecule has 6 nitrogen and oxygen atoms in total. The summed E-state index contributed by atoms with van der Waals surface area (Å²) in [6, 6.07) is 7.69. The average molecular weight is 312 g/mol. The molecular weight excluding hydrogens is 292 g/mol. The third kappa shape index (κ3) is 3.41. The number of nitrogens with one attached hydrogen (secondary N) is 1. The highest BCUT2D eigenvalue weighted by molar-refractivity contribution is 5.96. The van der Waals surface area contributed by atoms with Crippen LogP contribution in [0.25, 0.3) is 0 Å². The Kier molecular flexibility index (Phi) is 4.14. The van der Waals surface area contributed by atoms with Gasteiger partial charge < -0.3 is 14.8 Å². The lowest BCUT2D eigenvalue weighted by molar-refractivity contribution is -0.122. The normalized spacial score (nSPS) is 17.6. The average Bonchev–Trinajstić information content (AvgIpc) is 3.06. The minimum atomic E-state index is -0.153. The van der Waals surface area contributed by atoms with E-state index in [1.54, 1.807) is 21.9 Å². The standard InChI is InChI=1S/C17H20N4O2/c1-12-3-5-15(6-4-12)21-10-14(9-17(21)23)19-16(22)11-20-8-7-18-13(20)2/h3-8,14H,9-11H2,1-2H3,(H,19,22). The summed E-state index contributed by atoms with van der Waals surface area (Å²) in [7, 11) is 0. The first-order chi connectivity index (χ1) is 11.0. The molecule has 2 amide bonds. The van der Waals surface area contributed by atoms with Crippen LogP contribution in [0.5, 0.6) is 0 Å². The first-order valence-corrected chi connectivity index (χ1v) is 7.67. The van der Waals surface area contributed by atoms with Crippen molar-refractivity contribution in [3.63, 3.8) is 0 Å². The molecule has 1 unspecified atom stereocenters. The molecule has 1 N–H and O–H groups in total. The predicted molar refractivity (Wildman–Crippen MR) is 87.0 cm³/mol. The molecule has 0 bridgehead atoms. The highest BCUT2D eigenvalue weighted by Gasteiger charge is 2.31. The van der Waals surface area contributed by atoms with E-state index in [0.717, 1.165) is 17.1 Å². The van der Waals surface area contributed by atoms with Crippen molar-refractivity contribution in [2.75, 3.05) is 11.4 Å². The Morgan fingerprint density at radius 3 is 2.70 bits per heavy atom. The molecule has 0 spiro atoms. The van der Waals surface area contributed by atoms with Gasteiger partial charge in [-0.25, -0.2) is 4.98 Å². The predicted octanol–water partition coefficient (Wildman–Crippen LogP) is 1.42. The first kappa shape index (κ1) is 15.3. The molecule has 6 heteroatoms. The largest absolute Gasteiger partial charge is 0.349 e. The van der Waals surface area contributed by atoms with Gasteiger partial charge in [0.15, 0.2) is 0 Å². The number of imidazole rings is 1. The summed E-state index contributed by atoms with van der Waals surface area (Å²) in [5.41, 5.74) is 2.03. The van der Waals surface area contributed by atoms with Crippen LogP contribution in [0.1, 0.15) is 17.8 Å². The maximum atomic E-state index is 12.2. The molecule has 0 saturated carbocycles. The molecule has 1 aliphatic rings. The van der Waals surface area contributed by atoms with Gasteiger partial charge in [-0.3, -0.25) is 9.59 Å². The van der Waals surface area contributed by atoms with Crippen molar-refractivity contribution >= 4 is 17.5 Å². The molecule has 1 saturated heterocycles. The minimum absolute atomic E-state index is 0.0398. The van der Waals surface area contributed by atoms with Gasteiger partial charge in [-0.2, -0.15) is 0 Å². The number of nitrogens with zero attached hydrogens (tertiary/aromatic N) is 3. The summed E-state index contributed by atoms with van der Waals surface area (Å²) >= 11 is 0. The Labute approximate surface area is 135 Å². The Morgan fingerprint density at radius 1 is 1.30 bits per heavy atom. The van der Waals surface area contributed by atoms with Crippen LogP contribution in [0.2, 0.25) is 0 Å². The lowest BCUT2D eigenvalue weighted by atomic mass is 10.2. The lowest BCUT2D eigenvalue weighted by Gasteiger charge is -2.17. The van der Waals surface area contributed by atoms with Crippen molar-refractivity contribution in [1.82, 2.24) is 14.9 Å². The quantitative estimate of drug-likeness (QED) is 0.928. The van der Waals surface area contributed by atoms with E-state index in [2.05, 4.69) is 10.3 Å². The van der Waals surface area contributed by atoms with Crippen LogP contribution in [0.15, 0.2) is 36.7 Å². The summed E-state index contributed by atoms with van der Waals surface area (Å²) in [4.78, 5) is 30.1. The summed E-state index contributed by atoms with van der Waals surface area (Å²) in [5.74, 6) is 0.733. The van der Waals surface area contributed by atoms with E-state index in [-0.39, 0.29) is 24.4 Å². The molecule has 23 heavy (non-hydrogen) atoms. The number of carbonyl (C=O) groups is 2. The van der Waals surface area contributed by atoms with Gasteiger partial charge in [0.25, 0.3) is 0 Å². The molecule has 3 rings (SSSR count). The summed E-state index contributed by atoms with van der Waals surface area (Å²) < 4.78 is 1.78. The zero-order chi connectivity index (χ0) is 16.4. The number of hydrogen-bond donors (Lipinski definition) is 1. The fraction of sp³-hybridized carbons (Fsp3) is 0.353. The van der Waals surface area contributed by atoms with Gasteiger partial charge >= 0.3 is 0 Å². The van der Waals surface area contributed by atoms with Gasteiger partial charge in [0.05, 0.1) is 6.04 Å². The molecule has 1 aromatic heterocycles. The van der Waals surface area contributed by atoms with Crippen molar-refractivity contribution < 1.29 is 9.59 Å². The van der Waals surface area contributed by atoms with E-state index in [1.165, 1.54) is 0 Å². The van der Waals surface area contributed by atoms with Crippen LogP contribution in [-0.4, -0.2) is 34.0 Å². The number of carbonyl (C=O) groups excluding carboxylic acids is 2. The Balaban J connectivity index is 1.60. The van der Waals surface area contributed by atoms with Gasteiger partial charge in [0.1, 0.15) is 12.4 Å². The first-order valence-electron chi connectivity index (χ1n) is 7.67. The van der Waals surface area contributed by atoms with Crippen LogP contribution >= 0.6 is 0 Å². The zero-order valence-corrected chi connectivity index (χ0v) is 13.3. The molecule has 1 atom stereocenters. The number of aromatic nitrogens is 2. The van der Waals surface area contributed by atoms with E-state index >= 15 is 0 Å². The van der Waals surface area contributed by atoms with Crippen molar-refractivity contribution in [1.29, 1.82) is 0 Å². The second kappa shape index (κ2) is 6.24. The molecule has 0 radical (unpaired) electrons. The number of aryl methyl sites for hydroxylation is 2. The number of benzene rings is 1. The maximum Gasteiger partial charge on any atom is 0.240 e. The number of anilines is 1. The molecule has 0 aliphatic carbocycles. The SMILES string of the molecule is Cc1ccc(N2CC(NC(=O)Cn3ccnc3C)CC2=O)cc1. The molecule has 2 heterocycles. The fourth-order valence-electron chi connectivity index (χ4n) is 2.78. The van der Waals surface area contributed by atoms with Gasteiger partial charge in [-0.1, -0.05) is 17.7 Å². The second-order valence-electron chi connectivity index (χ2n) is 5.91. The molecule has 1 fully saturated rings. The molecule has 1 aromatic carbocycles. The second-order valence-corrected chi connectivity index (χ2v) is 5.91. The highest BCUT2D eigenvalue weighted by atomic mass is 16.2. The third-order valence-corrected chi connectivity index (χ3v) is 4.07. The molecular formula is C17H20N4O2. The monoisotopic (exact) mass is 312 g/mol. The topological polar surface area (TPSA) is 67.2 Å². The smallest absolute Gasteiger partial charge is 0.240 e. The molecule has 2 aromatic rings. The third-order valence-electron chi connectivity index (χ3n) is 4.07. The minimum Gasteiger partial charge on any atom is -0.349 e. The molecule has 1 aliphatic heterocycles. The van der Waals surface area contributed by atoms with Crippen molar-refractivity contribution in [2.45, 2.75) is 32.9 Å². The van der Waals surface area contributed by atoms with E-state index in [1.807, 2.05) is 38.1 Å². The van der Waals surface area contributed by atoms with Crippen LogP contribution in [0.3, 0.4) is 0 Å². The fourth-order valence-corrected chi connectivity index (χ4v) is 2.78. The maximum absolute atomic E-state index is 12.2. The summed E-state index contributed by atoms with van der Waals surface area (Å²) in [6.07, 6.45) is 3.77. The Hall–Kier alpha value is -2.63. The molecule has 120 valence electrons. The van der Waals surface area contributed by atoms with E-state index in [4.69, 9.17) is 0 Å². The Morgan fingerprint density at radius 2 is 2.04 bits per heavy atom. The van der Waals surface area contributed by atoms with Crippen LogP contribution in [0, 0.1) is 13.8 Å². The van der Waals surface area contributed by atoms with Crippen LogP contribution < -0.4 is 10.2 Å². The number of rotatable bonds is 4. The van der Waals surface area contributed by atoms with E-state index in [0.29, 0.717) is 13.0 Å². The van der Waals surface area contributed by atoms with Crippen molar-refractivity contribution in [2.24, 2.45) is 0 Å². The number of amides is 2. The summed E-state index contributed by atoms with van der Waals surface area (Å²) in [6.45, 7) is 4.60. The van der Waals surface area contributed by atoms with Gasteiger partial charge in [-0.15, -0.1) is 0 Å². The number of hydrogen-bond acceptors (Lipinski definition) is 3. The van der Waals surface area contributed by atoms with E-state index < -0.39 is 0 Å². The van der Waals surface area contributed by atoms with Crippen LogP contribution in [0.4, 0.5) is 5.69 Å². The van der Waals surface area contributed by atoms with Gasteiger partial charge in [-0.05, 0) is 26.0 Å². The van der Waals surface area contributed by atoms with Crippen LogP contribution in [-0.2, 0) is 16.1 Å². The van der Waals surface area contributed by atoms with E-state index in [9.17, 15) is 9.59 Å². The van der Waals surface area contributed by atoms with Gasteiger partial charge in [0.2, 0.25) is 11.8 Å². The van der Waals surface area contributed by atoms with Crippen molar-refractivity contribution in [3.8, 4) is 0 Å². The zero-order valence-electron chi connectivity index (χ0n) is 13.3. The highest BCUT2D eigenvalue weighted by Crippen LogP contribution is 2.21. The van der Waals surface area contributed by atoms with Gasteiger partial charge in [0, 0.05) is 31.0 Å².